The van der Waals surface area contributed by atoms with Crippen molar-refractivity contribution in [3.63, 3.8) is 0 Å². The van der Waals surface area contributed by atoms with Gasteiger partial charge in [-0.3, -0.25) is 4.90 Å². The van der Waals surface area contributed by atoms with Crippen LogP contribution >= 0.6 is 0 Å². The molecule has 0 amide bonds. The van der Waals surface area contributed by atoms with Crippen LogP contribution in [0.4, 0.5) is 0 Å². The van der Waals surface area contributed by atoms with Gasteiger partial charge >= 0.3 is 0 Å². The van der Waals surface area contributed by atoms with Crippen molar-refractivity contribution in [3.8, 4) is 0 Å². The average Bonchev–Trinajstić information content (AvgIpc) is 3.08. The highest BCUT2D eigenvalue weighted by Crippen LogP contribution is 2.40. The number of β-amino-alcohol motifs (C(OH)–C–C–N with tert-alkyl or cyclic N) is 1. The highest BCUT2D eigenvalue weighted by Gasteiger charge is 2.41. The maximum Gasteiger partial charge on any atom is 0.244 e. The molecule has 2 atom stereocenters. The van der Waals surface area contributed by atoms with Crippen molar-refractivity contribution in [1.82, 2.24) is 19.9 Å². The van der Waals surface area contributed by atoms with Gasteiger partial charge in [0.15, 0.2) is 5.82 Å². The molecule has 0 spiro atoms. The molecule has 21 heavy (non-hydrogen) atoms. The molecule has 2 aliphatic heterocycles. The fraction of sp³-hybridized carbons (Fsp3) is 0.867. The van der Waals surface area contributed by atoms with Gasteiger partial charge < -0.3 is 14.5 Å². The average molecular weight is 292 g/mol. The molecule has 3 aliphatic rings. The predicted molar refractivity (Wildman–Crippen MR) is 76.9 cm³/mol. The Morgan fingerprint density at radius 1 is 1.19 bits per heavy atom. The van der Waals surface area contributed by atoms with Crippen LogP contribution in [0.15, 0.2) is 4.52 Å². The van der Waals surface area contributed by atoms with E-state index in [0.29, 0.717) is 17.9 Å². The lowest BCUT2D eigenvalue weighted by molar-refractivity contribution is 0.0880. The van der Waals surface area contributed by atoms with Crippen LogP contribution in [0.3, 0.4) is 0 Å². The molecular formula is C15H24N4O2. The Morgan fingerprint density at radius 2 is 1.95 bits per heavy atom. The third kappa shape index (κ3) is 2.72. The van der Waals surface area contributed by atoms with Gasteiger partial charge in [0.2, 0.25) is 5.89 Å². The summed E-state index contributed by atoms with van der Waals surface area (Å²) < 4.78 is 5.52. The Balaban J connectivity index is 1.51. The van der Waals surface area contributed by atoms with Gasteiger partial charge in [-0.25, -0.2) is 0 Å². The smallest absolute Gasteiger partial charge is 0.244 e. The molecule has 2 saturated heterocycles. The summed E-state index contributed by atoms with van der Waals surface area (Å²) in [6.45, 7) is 2.99. The maximum absolute atomic E-state index is 10.1. The summed E-state index contributed by atoms with van der Waals surface area (Å²) in [5.41, 5.74) is 0. The molecule has 0 aromatic carbocycles. The van der Waals surface area contributed by atoms with Crippen LogP contribution in [0.1, 0.15) is 55.8 Å². The lowest BCUT2D eigenvalue weighted by Gasteiger charge is -2.37. The first-order valence-corrected chi connectivity index (χ1v) is 8.16. The second-order valence-corrected chi connectivity index (χ2v) is 6.90. The molecule has 0 unspecified atom stereocenters. The SMILES string of the molecule is CN1CCC(N2C[C@H](O)C[C@H]2c2nc(C3CC3)no2)CC1. The van der Waals surface area contributed by atoms with Crippen LogP contribution in [-0.4, -0.2) is 63.9 Å². The molecule has 0 bridgehead atoms. The minimum Gasteiger partial charge on any atom is -0.392 e. The van der Waals surface area contributed by atoms with Crippen molar-refractivity contribution >= 4 is 0 Å². The topological polar surface area (TPSA) is 65.6 Å². The Hall–Kier alpha value is -0.980. The van der Waals surface area contributed by atoms with E-state index in [1.54, 1.807) is 0 Å². The van der Waals surface area contributed by atoms with Gasteiger partial charge in [-0.1, -0.05) is 5.16 Å². The van der Waals surface area contributed by atoms with E-state index in [4.69, 9.17) is 4.52 Å². The number of aliphatic hydroxyl groups excluding tert-OH is 1. The van der Waals surface area contributed by atoms with Crippen molar-refractivity contribution in [2.75, 3.05) is 26.7 Å². The van der Waals surface area contributed by atoms with E-state index in [0.717, 1.165) is 44.7 Å². The number of hydrogen-bond donors (Lipinski definition) is 1. The zero-order valence-electron chi connectivity index (χ0n) is 12.6. The zero-order chi connectivity index (χ0) is 14.4. The number of aliphatic hydroxyl groups is 1. The minimum absolute atomic E-state index is 0.105. The molecule has 1 aromatic rings. The molecule has 1 saturated carbocycles. The summed E-state index contributed by atoms with van der Waals surface area (Å²) >= 11 is 0. The van der Waals surface area contributed by atoms with E-state index in [9.17, 15) is 5.11 Å². The highest BCUT2D eigenvalue weighted by molar-refractivity contribution is 5.07. The van der Waals surface area contributed by atoms with Crippen LogP contribution in [0.2, 0.25) is 0 Å². The summed E-state index contributed by atoms with van der Waals surface area (Å²) in [6.07, 6.45) is 5.13. The van der Waals surface area contributed by atoms with Crippen molar-refractivity contribution in [2.24, 2.45) is 0 Å². The van der Waals surface area contributed by atoms with E-state index in [1.165, 1.54) is 12.8 Å². The Labute approximate surface area is 125 Å². The molecule has 3 fully saturated rings. The number of piperidine rings is 1. The third-order valence-corrected chi connectivity index (χ3v) is 5.16. The van der Waals surface area contributed by atoms with Crippen LogP contribution in [0, 0.1) is 0 Å². The largest absolute Gasteiger partial charge is 0.392 e. The molecule has 0 radical (unpaired) electrons. The summed E-state index contributed by atoms with van der Waals surface area (Å²) in [6, 6.07) is 0.632. The van der Waals surface area contributed by atoms with E-state index in [1.807, 2.05) is 0 Å². The minimum atomic E-state index is -0.272. The number of rotatable bonds is 3. The van der Waals surface area contributed by atoms with Crippen LogP contribution in [0.5, 0.6) is 0 Å². The van der Waals surface area contributed by atoms with Gasteiger partial charge in [0.25, 0.3) is 0 Å². The molecule has 1 aromatic heterocycles. The fourth-order valence-corrected chi connectivity index (χ4v) is 3.70. The maximum atomic E-state index is 10.1. The van der Waals surface area contributed by atoms with Gasteiger partial charge in [-0.15, -0.1) is 0 Å². The van der Waals surface area contributed by atoms with E-state index < -0.39 is 0 Å². The van der Waals surface area contributed by atoms with Crippen LogP contribution in [0.25, 0.3) is 0 Å². The quantitative estimate of drug-likeness (QED) is 0.901. The van der Waals surface area contributed by atoms with Crippen molar-refractivity contribution in [2.45, 2.75) is 56.2 Å². The van der Waals surface area contributed by atoms with E-state index in [-0.39, 0.29) is 12.1 Å². The monoisotopic (exact) mass is 292 g/mol. The van der Waals surface area contributed by atoms with Crippen LogP contribution < -0.4 is 0 Å². The van der Waals surface area contributed by atoms with Gasteiger partial charge in [0.05, 0.1) is 12.1 Å². The Bertz CT molecular complexity index is 494. The second kappa shape index (κ2) is 5.34. The summed E-state index contributed by atoms with van der Waals surface area (Å²) in [4.78, 5) is 9.38. The molecule has 4 rings (SSSR count). The summed E-state index contributed by atoms with van der Waals surface area (Å²) in [5, 5.41) is 14.2. The van der Waals surface area contributed by atoms with Gasteiger partial charge in [0, 0.05) is 18.5 Å². The lowest BCUT2D eigenvalue weighted by atomic mass is 10.0. The van der Waals surface area contributed by atoms with Gasteiger partial charge in [-0.2, -0.15) is 4.98 Å². The Morgan fingerprint density at radius 3 is 2.67 bits per heavy atom. The number of nitrogens with zero attached hydrogens (tertiary/aromatic N) is 4. The molecule has 1 aliphatic carbocycles. The van der Waals surface area contributed by atoms with Gasteiger partial charge in [0.1, 0.15) is 0 Å². The van der Waals surface area contributed by atoms with Crippen molar-refractivity contribution in [1.29, 1.82) is 0 Å². The third-order valence-electron chi connectivity index (χ3n) is 5.16. The molecular weight excluding hydrogens is 268 g/mol. The van der Waals surface area contributed by atoms with E-state index >= 15 is 0 Å². The highest BCUT2D eigenvalue weighted by atomic mass is 16.5. The first kappa shape index (κ1) is 13.7. The first-order chi connectivity index (χ1) is 10.2. The number of hydrogen-bond acceptors (Lipinski definition) is 6. The molecule has 6 nitrogen and oxygen atoms in total. The molecule has 116 valence electrons. The Kier molecular flexibility index (Phi) is 3.47. The van der Waals surface area contributed by atoms with Crippen molar-refractivity contribution in [3.05, 3.63) is 11.7 Å². The molecule has 3 heterocycles. The van der Waals surface area contributed by atoms with Crippen molar-refractivity contribution < 1.29 is 9.63 Å². The zero-order valence-corrected chi connectivity index (χ0v) is 12.6. The molecule has 1 N–H and O–H groups in total. The normalized spacial score (nSPS) is 32.9. The standard InChI is InChI=1S/C15H24N4O2/c1-18-6-4-11(5-7-18)19-9-12(20)8-13(19)15-16-14(17-21-15)10-2-3-10/h10-13,20H,2-9H2,1H3/t12-,13+/m1/s1. The lowest BCUT2D eigenvalue weighted by Crippen LogP contribution is -2.43. The summed E-state index contributed by atoms with van der Waals surface area (Å²) in [5.74, 6) is 2.10. The first-order valence-electron chi connectivity index (χ1n) is 8.16. The fourth-order valence-electron chi connectivity index (χ4n) is 3.70. The molecule has 6 heteroatoms. The number of likely N-dealkylation sites (tertiary alicyclic amines) is 2. The predicted octanol–water partition coefficient (Wildman–Crippen LogP) is 1.15. The van der Waals surface area contributed by atoms with Crippen LogP contribution in [-0.2, 0) is 0 Å². The second-order valence-electron chi connectivity index (χ2n) is 6.90. The number of aromatic nitrogens is 2. The van der Waals surface area contributed by atoms with Gasteiger partial charge in [-0.05, 0) is 52.2 Å². The van der Waals surface area contributed by atoms with E-state index in [2.05, 4.69) is 27.0 Å². The summed E-state index contributed by atoms with van der Waals surface area (Å²) in [7, 11) is 2.17.